The van der Waals surface area contributed by atoms with Gasteiger partial charge in [0.05, 0.1) is 13.7 Å². The highest BCUT2D eigenvalue weighted by atomic mass is 16.5. The average Bonchev–Trinajstić information content (AvgIpc) is 2.26. The van der Waals surface area contributed by atoms with Crippen molar-refractivity contribution < 1.29 is 23.9 Å². The monoisotopic (exact) mass is 245 g/mol. The Hall–Kier alpha value is -1.59. The molecule has 0 heterocycles. The molecule has 0 saturated carbocycles. The molecule has 0 saturated heterocycles. The molecule has 0 aromatic carbocycles. The number of carbonyl (C=O) groups excluding carboxylic acids is 3. The summed E-state index contributed by atoms with van der Waals surface area (Å²) >= 11 is 0. The highest BCUT2D eigenvalue weighted by molar-refractivity contribution is 6.32. The number of ether oxygens (including phenoxy) is 2. The number of hydrogen-bond donors (Lipinski definition) is 1. The van der Waals surface area contributed by atoms with Gasteiger partial charge in [-0.25, -0.2) is 9.59 Å². The molecule has 0 rings (SSSR count). The van der Waals surface area contributed by atoms with Crippen molar-refractivity contribution in [1.29, 1.82) is 0 Å². The van der Waals surface area contributed by atoms with Crippen molar-refractivity contribution in [1.82, 2.24) is 5.32 Å². The van der Waals surface area contributed by atoms with Crippen LogP contribution in [0, 0.1) is 5.92 Å². The molecule has 0 aliphatic rings. The van der Waals surface area contributed by atoms with Gasteiger partial charge in [0, 0.05) is 0 Å². The maximum atomic E-state index is 11.4. The van der Waals surface area contributed by atoms with Gasteiger partial charge in [0.25, 0.3) is 0 Å². The fourth-order valence-corrected chi connectivity index (χ4v) is 1.24. The topological polar surface area (TPSA) is 81.7 Å². The zero-order chi connectivity index (χ0) is 13.4. The second kappa shape index (κ2) is 7.65. The Balaban J connectivity index is 4.47. The molecule has 6 heteroatoms. The van der Waals surface area contributed by atoms with E-state index in [0.717, 1.165) is 0 Å². The Bertz CT molecular complexity index is 288. The summed E-state index contributed by atoms with van der Waals surface area (Å²) in [6, 6.07) is -0.822. The van der Waals surface area contributed by atoms with Crippen LogP contribution in [0.4, 0.5) is 0 Å². The summed E-state index contributed by atoms with van der Waals surface area (Å²) in [5.74, 6) is -2.31. The highest BCUT2D eigenvalue weighted by Gasteiger charge is 2.26. The Morgan fingerprint density at radius 3 is 2.24 bits per heavy atom. The van der Waals surface area contributed by atoms with Crippen LogP contribution in [0.25, 0.3) is 0 Å². The van der Waals surface area contributed by atoms with Gasteiger partial charge in [0.2, 0.25) is 0 Å². The second-order valence-electron chi connectivity index (χ2n) is 3.90. The quantitative estimate of drug-likeness (QED) is 0.554. The molecular weight excluding hydrogens is 226 g/mol. The summed E-state index contributed by atoms with van der Waals surface area (Å²) in [6.45, 7) is 5.50. The standard InChI is InChI=1S/C11H19NO5/c1-5-17-11(15)9(13)12-8(6-7(2)3)10(14)16-4/h7-8H,5-6H2,1-4H3,(H,12,13)/t8-/m1/s1. The van der Waals surface area contributed by atoms with Crippen LogP contribution >= 0.6 is 0 Å². The van der Waals surface area contributed by atoms with Gasteiger partial charge in [-0.2, -0.15) is 0 Å². The minimum absolute atomic E-state index is 0.110. The van der Waals surface area contributed by atoms with Gasteiger partial charge in [0.1, 0.15) is 6.04 Å². The number of methoxy groups -OCH3 is 1. The Morgan fingerprint density at radius 1 is 1.24 bits per heavy atom. The predicted octanol–water partition coefficient (Wildman–Crippen LogP) is 0.253. The van der Waals surface area contributed by atoms with Crippen LogP contribution in [0.3, 0.4) is 0 Å². The first kappa shape index (κ1) is 15.4. The van der Waals surface area contributed by atoms with Crippen LogP contribution < -0.4 is 5.32 Å². The molecule has 0 aliphatic carbocycles. The van der Waals surface area contributed by atoms with Crippen molar-refractivity contribution >= 4 is 17.8 Å². The smallest absolute Gasteiger partial charge is 0.396 e. The number of rotatable bonds is 5. The summed E-state index contributed by atoms with van der Waals surface area (Å²) in [6.07, 6.45) is 0.401. The van der Waals surface area contributed by atoms with Gasteiger partial charge in [-0.15, -0.1) is 0 Å². The van der Waals surface area contributed by atoms with Gasteiger partial charge in [-0.05, 0) is 19.3 Å². The van der Waals surface area contributed by atoms with E-state index in [2.05, 4.69) is 14.8 Å². The molecule has 0 radical (unpaired) electrons. The fourth-order valence-electron chi connectivity index (χ4n) is 1.24. The lowest BCUT2D eigenvalue weighted by molar-refractivity contribution is -0.156. The zero-order valence-electron chi connectivity index (χ0n) is 10.6. The molecule has 0 unspecified atom stereocenters. The third-order valence-corrected chi connectivity index (χ3v) is 1.96. The third-order valence-electron chi connectivity index (χ3n) is 1.96. The lowest BCUT2D eigenvalue weighted by Gasteiger charge is -2.17. The van der Waals surface area contributed by atoms with E-state index in [-0.39, 0.29) is 12.5 Å². The summed E-state index contributed by atoms with van der Waals surface area (Å²) in [7, 11) is 1.23. The maximum Gasteiger partial charge on any atom is 0.396 e. The van der Waals surface area contributed by atoms with E-state index in [4.69, 9.17) is 0 Å². The number of nitrogens with one attached hydrogen (secondary N) is 1. The largest absolute Gasteiger partial charge is 0.467 e. The molecule has 1 N–H and O–H groups in total. The molecule has 0 fully saturated rings. The number of carbonyl (C=O) groups is 3. The lowest BCUT2D eigenvalue weighted by Crippen LogP contribution is -2.45. The van der Waals surface area contributed by atoms with Gasteiger partial charge in [0.15, 0.2) is 0 Å². The van der Waals surface area contributed by atoms with Crippen LogP contribution in [-0.2, 0) is 23.9 Å². The molecule has 0 aromatic heterocycles. The predicted molar refractivity (Wildman–Crippen MR) is 60.0 cm³/mol. The van der Waals surface area contributed by atoms with Crippen molar-refractivity contribution in [2.75, 3.05) is 13.7 Å². The average molecular weight is 245 g/mol. The van der Waals surface area contributed by atoms with Crippen LogP contribution in [0.15, 0.2) is 0 Å². The van der Waals surface area contributed by atoms with Crippen molar-refractivity contribution in [2.24, 2.45) is 5.92 Å². The summed E-state index contributed by atoms with van der Waals surface area (Å²) in [5, 5.41) is 2.30. The first-order valence-electron chi connectivity index (χ1n) is 5.47. The first-order chi connectivity index (χ1) is 7.92. The molecule has 6 nitrogen and oxygen atoms in total. The van der Waals surface area contributed by atoms with Crippen LogP contribution in [0.2, 0.25) is 0 Å². The normalized spacial score (nSPS) is 11.8. The molecule has 1 atom stereocenters. The molecule has 0 bridgehead atoms. The Kier molecular flexibility index (Phi) is 6.93. The number of hydrogen-bond acceptors (Lipinski definition) is 5. The minimum Gasteiger partial charge on any atom is -0.467 e. The molecular formula is C11H19NO5. The van der Waals surface area contributed by atoms with E-state index in [1.807, 2.05) is 13.8 Å². The van der Waals surface area contributed by atoms with E-state index < -0.39 is 23.9 Å². The maximum absolute atomic E-state index is 11.4. The van der Waals surface area contributed by atoms with Gasteiger partial charge in [-0.3, -0.25) is 4.79 Å². The summed E-state index contributed by atoms with van der Waals surface area (Å²) in [5.41, 5.74) is 0. The van der Waals surface area contributed by atoms with Crippen molar-refractivity contribution in [3.8, 4) is 0 Å². The molecule has 0 aromatic rings. The van der Waals surface area contributed by atoms with Crippen molar-refractivity contribution in [2.45, 2.75) is 33.2 Å². The summed E-state index contributed by atoms with van der Waals surface area (Å²) < 4.78 is 9.07. The van der Waals surface area contributed by atoms with E-state index in [1.54, 1.807) is 6.92 Å². The second-order valence-corrected chi connectivity index (χ2v) is 3.90. The Morgan fingerprint density at radius 2 is 1.82 bits per heavy atom. The van der Waals surface area contributed by atoms with Gasteiger partial charge >= 0.3 is 17.8 Å². The van der Waals surface area contributed by atoms with E-state index in [9.17, 15) is 14.4 Å². The molecule has 17 heavy (non-hydrogen) atoms. The molecule has 1 amide bonds. The van der Waals surface area contributed by atoms with E-state index in [1.165, 1.54) is 7.11 Å². The van der Waals surface area contributed by atoms with Gasteiger partial charge < -0.3 is 14.8 Å². The zero-order valence-corrected chi connectivity index (χ0v) is 10.6. The van der Waals surface area contributed by atoms with Crippen LogP contribution in [-0.4, -0.2) is 37.6 Å². The van der Waals surface area contributed by atoms with Crippen molar-refractivity contribution in [3.63, 3.8) is 0 Å². The van der Waals surface area contributed by atoms with Gasteiger partial charge in [-0.1, -0.05) is 13.8 Å². The summed E-state index contributed by atoms with van der Waals surface area (Å²) in [4.78, 5) is 33.8. The molecule has 98 valence electrons. The first-order valence-corrected chi connectivity index (χ1v) is 5.47. The number of esters is 2. The van der Waals surface area contributed by atoms with E-state index in [0.29, 0.717) is 6.42 Å². The van der Waals surface area contributed by atoms with Crippen molar-refractivity contribution in [3.05, 3.63) is 0 Å². The Labute approximate surface area is 101 Å². The van der Waals surface area contributed by atoms with Crippen LogP contribution in [0.1, 0.15) is 27.2 Å². The molecule has 0 aliphatic heterocycles. The van der Waals surface area contributed by atoms with Crippen LogP contribution in [0.5, 0.6) is 0 Å². The number of amides is 1. The third kappa shape index (κ3) is 5.89. The molecule has 0 spiro atoms. The fraction of sp³-hybridized carbons (Fsp3) is 0.727. The van der Waals surface area contributed by atoms with E-state index >= 15 is 0 Å². The highest BCUT2D eigenvalue weighted by Crippen LogP contribution is 2.06. The minimum atomic E-state index is -0.995. The lowest BCUT2D eigenvalue weighted by atomic mass is 10.0. The SMILES string of the molecule is CCOC(=O)C(=O)N[C@H](CC(C)C)C(=O)OC.